The molecule has 0 spiro atoms. The summed E-state index contributed by atoms with van der Waals surface area (Å²) in [5.41, 5.74) is 0. The minimum atomic E-state index is -0.619. The largest absolute Gasteiger partial charge is 0.447 e. The fourth-order valence-electron chi connectivity index (χ4n) is 0.467. The lowest BCUT2D eigenvalue weighted by atomic mass is 10.6. The number of halogens is 1. The lowest BCUT2D eigenvalue weighted by Gasteiger charge is -1.94. The maximum Gasteiger partial charge on any atom is 0.224 e. The molecule has 3 nitrogen and oxygen atoms in total. The summed E-state index contributed by atoms with van der Waals surface area (Å²) in [4.78, 5) is 6.81. The van der Waals surface area contributed by atoms with Crippen LogP contribution in [-0.4, -0.2) is 9.97 Å². The molecule has 0 aliphatic rings. The quantitative estimate of drug-likeness (QED) is 0.456. The summed E-state index contributed by atoms with van der Waals surface area (Å²) in [5.74, 6) is -0.464. The van der Waals surface area contributed by atoms with Crippen LogP contribution in [-0.2, 0) is 0 Å². The minimum absolute atomic E-state index is 0.155. The van der Waals surface area contributed by atoms with E-state index in [-0.39, 0.29) is 5.88 Å². The van der Waals surface area contributed by atoms with Crippen molar-refractivity contribution in [3.05, 3.63) is 31.2 Å². The van der Waals surface area contributed by atoms with Gasteiger partial charge in [-0.2, -0.15) is 4.39 Å². The first-order valence-corrected chi connectivity index (χ1v) is 2.58. The molecule has 0 saturated heterocycles. The average molecular weight is 140 g/mol. The maximum atomic E-state index is 12.2. The Morgan fingerprint density at radius 3 is 3.00 bits per heavy atom. The summed E-state index contributed by atoms with van der Waals surface area (Å²) in [6.45, 7) is 3.28. The van der Waals surface area contributed by atoms with Crippen molar-refractivity contribution < 1.29 is 9.13 Å². The highest BCUT2D eigenvalue weighted by atomic mass is 19.1. The lowest BCUT2D eigenvalue weighted by Crippen LogP contribution is -1.88. The fourth-order valence-corrected chi connectivity index (χ4v) is 0.467. The molecule has 0 aliphatic carbocycles. The third kappa shape index (κ3) is 1.51. The molecule has 0 N–H and O–H groups in total. The van der Waals surface area contributed by atoms with Gasteiger partial charge in [-0.3, -0.25) is 0 Å². The van der Waals surface area contributed by atoms with E-state index in [1.807, 2.05) is 0 Å². The fraction of sp³-hybridized carbons (Fsp3) is 0. The monoisotopic (exact) mass is 140 g/mol. The van der Waals surface area contributed by atoms with Gasteiger partial charge < -0.3 is 4.74 Å². The molecule has 4 heteroatoms. The molecule has 52 valence electrons. The number of nitrogens with zero attached hydrogens (tertiary/aromatic N) is 2. The van der Waals surface area contributed by atoms with Crippen LogP contribution in [0.4, 0.5) is 4.39 Å². The van der Waals surface area contributed by atoms with E-state index in [4.69, 9.17) is 0 Å². The van der Waals surface area contributed by atoms with E-state index >= 15 is 0 Å². The second-order valence-electron chi connectivity index (χ2n) is 1.46. The second-order valence-corrected chi connectivity index (χ2v) is 1.46. The van der Waals surface area contributed by atoms with Gasteiger partial charge in [-0.15, -0.1) is 0 Å². The van der Waals surface area contributed by atoms with E-state index in [1.54, 1.807) is 0 Å². The Labute approximate surface area is 57.2 Å². The van der Waals surface area contributed by atoms with E-state index in [1.165, 1.54) is 6.26 Å². The van der Waals surface area contributed by atoms with Gasteiger partial charge in [0.15, 0.2) is 0 Å². The zero-order valence-electron chi connectivity index (χ0n) is 5.12. The molecule has 0 amide bonds. The van der Waals surface area contributed by atoms with Crippen LogP contribution in [0.3, 0.4) is 0 Å². The van der Waals surface area contributed by atoms with Crippen molar-refractivity contribution in [1.82, 2.24) is 9.97 Å². The van der Waals surface area contributed by atoms with Gasteiger partial charge in [0.25, 0.3) is 0 Å². The summed E-state index contributed by atoms with van der Waals surface area (Å²) < 4.78 is 16.9. The average Bonchev–Trinajstić information content (AvgIpc) is 1.88. The van der Waals surface area contributed by atoms with Gasteiger partial charge in [-0.05, 0) is 0 Å². The molecule has 0 aliphatic heterocycles. The minimum Gasteiger partial charge on any atom is -0.447 e. The molecule has 0 saturated carbocycles. The Bertz CT molecular complexity index is 239. The third-order valence-electron chi connectivity index (χ3n) is 0.813. The van der Waals surface area contributed by atoms with Crippen LogP contribution in [0.2, 0.25) is 0 Å². The van der Waals surface area contributed by atoms with Gasteiger partial charge in [-0.25, -0.2) is 9.97 Å². The second kappa shape index (κ2) is 2.91. The van der Waals surface area contributed by atoms with Gasteiger partial charge in [0.05, 0.1) is 12.3 Å². The summed E-state index contributed by atoms with van der Waals surface area (Å²) in [6, 6.07) is 1.07. The predicted molar refractivity (Wildman–Crippen MR) is 32.8 cm³/mol. The molecule has 0 radical (unpaired) electrons. The smallest absolute Gasteiger partial charge is 0.224 e. The highest BCUT2D eigenvalue weighted by molar-refractivity contribution is 5.06. The van der Waals surface area contributed by atoms with Crippen molar-refractivity contribution >= 4 is 0 Å². The van der Waals surface area contributed by atoms with Crippen LogP contribution in [0.5, 0.6) is 5.88 Å². The third-order valence-corrected chi connectivity index (χ3v) is 0.813. The van der Waals surface area contributed by atoms with Gasteiger partial charge >= 0.3 is 0 Å². The molecule has 1 aromatic rings. The standard InChI is InChI=1S/C6H5FN2O/c1-2-10-6-3-5(7)8-4-9-6/h2-4H,1H2. The number of ether oxygens (including phenoxy) is 1. The summed E-state index contributed by atoms with van der Waals surface area (Å²) in [7, 11) is 0. The first-order valence-electron chi connectivity index (χ1n) is 2.58. The lowest BCUT2D eigenvalue weighted by molar-refractivity contribution is 0.451. The molecule has 0 fully saturated rings. The van der Waals surface area contributed by atoms with Crippen molar-refractivity contribution in [2.24, 2.45) is 0 Å². The molecule has 0 bridgehead atoms. The van der Waals surface area contributed by atoms with Crippen LogP contribution >= 0.6 is 0 Å². The van der Waals surface area contributed by atoms with Crippen LogP contribution < -0.4 is 4.74 Å². The molecule has 10 heavy (non-hydrogen) atoms. The van der Waals surface area contributed by atoms with Crippen LogP contribution in [0, 0.1) is 5.95 Å². The Balaban J connectivity index is 2.84. The molecular formula is C6H5FN2O. The normalized spacial score (nSPS) is 8.90. The Morgan fingerprint density at radius 2 is 2.40 bits per heavy atom. The van der Waals surface area contributed by atoms with Gasteiger partial charge in [-0.1, -0.05) is 6.58 Å². The van der Waals surface area contributed by atoms with E-state index < -0.39 is 5.95 Å². The highest BCUT2D eigenvalue weighted by Gasteiger charge is 1.94. The summed E-state index contributed by atoms with van der Waals surface area (Å²) in [5, 5.41) is 0. The van der Waals surface area contributed by atoms with Gasteiger partial charge in [0.1, 0.15) is 6.33 Å². The molecule has 0 atom stereocenters. The topological polar surface area (TPSA) is 35.0 Å². The first-order chi connectivity index (χ1) is 4.83. The molecule has 1 heterocycles. The van der Waals surface area contributed by atoms with E-state index in [9.17, 15) is 4.39 Å². The maximum absolute atomic E-state index is 12.2. The highest BCUT2D eigenvalue weighted by Crippen LogP contribution is 2.04. The van der Waals surface area contributed by atoms with E-state index in [0.717, 1.165) is 12.4 Å². The van der Waals surface area contributed by atoms with Crippen LogP contribution in [0.25, 0.3) is 0 Å². The predicted octanol–water partition coefficient (Wildman–Crippen LogP) is 1.14. The SMILES string of the molecule is C=COc1cc(F)ncn1. The first kappa shape index (κ1) is 6.67. The molecule has 1 rings (SSSR count). The van der Waals surface area contributed by atoms with Crippen molar-refractivity contribution in [2.45, 2.75) is 0 Å². The van der Waals surface area contributed by atoms with Crippen LogP contribution in [0.1, 0.15) is 0 Å². The Morgan fingerprint density at radius 1 is 1.60 bits per heavy atom. The molecule has 0 aromatic carbocycles. The van der Waals surface area contributed by atoms with Gasteiger partial charge in [0.2, 0.25) is 11.8 Å². The number of rotatable bonds is 2. The number of aromatic nitrogens is 2. The van der Waals surface area contributed by atoms with Gasteiger partial charge in [0, 0.05) is 0 Å². The zero-order valence-corrected chi connectivity index (χ0v) is 5.12. The number of hydrogen-bond acceptors (Lipinski definition) is 3. The van der Waals surface area contributed by atoms with Crippen molar-refractivity contribution in [2.75, 3.05) is 0 Å². The van der Waals surface area contributed by atoms with Crippen LogP contribution in [0.15, 0.2) is 25.2 Å². The van der Waals surface area contributed by atoms with Crippen molar-refractivity contribution in [1.29, 1.82) is 0 Å². The summed E-state index contributed by atoms with van der Waals surface area (Å²) >= 11 is 0. The zero-order chi connectivity index (χ0) is 7.40. The molecule has 1 aromatic heterocycles. The Hall–Kier alpha value is -1.45. The van der Waals surface area contributed by atoms with E-state index in [0.29, 0.717) is 0 Å². The molecule has 0 unspecified atom stereocenters. The Kier molecular flexibility index (Phi) is 1.94. The van der Waals surface area contributed by atoms with Crippen molar-refractivity contribution in [3.63, 3.8) is 0 Å². The van der Waals surface area contributed by atoms with Crippen molar-refractivity contribution in [3.8, 4) is 5.88 Å². The van der Waals surface area contributed by atoms with E-state index in [2.05, 4.69) is 21.3 Å². The molecular weight excluding hydrogens is 135 g/mol. The number of hydrogen-bond donors (Lipinski definition) is 0. The summed E-state index contributed by atoms with van der Waals surface area (Å²) in [6.07, 6.45) is 2.25.